The van der Waals surface area contributed by atoms with Gasteiger partial charge in [-0.05, 0) is 37.3 Å². The van der Waals surface area contributed by atoms with Crippen LogP contribution in [0.25, 0.3) is 0 Å². The van der Waals surface area contributed by atoms with Crippen molar-refractivity contribution in [1.29, 1.82) is 0 Å². The minimum atomic E-state index is 0.862. The second kappa shape index (κ2) is 5.51. The maximum absolute atomic E-state index is 2.71. The molecule has 94 valence electrons. The smallest absolute Gasteiger partial charge is 0.0223 e. The molecule has 0 saturated carbocycles. The lowest BCUT2D eigenvalue weighted by Gasteiger charge is -2.44. The van der Waals surface area contributed by atoms with Crippen LogP contribution in [0, 0.1) is 0 Å². The maximum atomic E-state index is 2.71. The van der Waals surface area contributed by atoms with Gasteiger partial charge in [0.2, 0.25) is 0 Å². The van der Waals surface area contributed by atoms with Crippen molar-refractivity contribution in [2.45, 2.75) is 31.7 Å². The van der Waals surface area contributed by atoms with E-state index in [-0.39, 0.29) is 0 Å². The van der Waals surface area contributed by atoms with Gasteiger partial charge < -0.3 is 4.90 Å². The summed E-state index contributed by atoms with van der Waals surface area (Å²) in [7, 11) is 0. The molecule has 2 nitrogen and oxygen atoms in total. The zero-order valence-corrected chi connectivity index (χ0v) is 11.3. The molecule has 0 aliphatic carbocycles. The predicted molar refractivity (Wildman–Crippen MR) is 73.7 cm³/mol. The van der Waals surface area contributed by atoms with Crippen molar-refractivity contribution in [3.05, 3.63) is 22.4 Å². The van der Waals surface area contributed by atoms with Gasteiger partial charge in [0.1, 0.15) is 0 Å². The molecule has 1 aromatic heterocycles. The van der Waals surface area contributed by atoms with E-state index in [0.717, 1.165) is 6.04 Å². The van der Waals surface area contributed by atoms with Crippen molar-refractivity contribution in [3.8, 4) is 0 Å². The van der Waals surface area contributed by atoms with E-state index in [1.165, 1.54) is 63.3 Å². The SMILES string of the molecule is c1csc(CCN2CCN3CCCCC3C2)c1. The third kappa shape index (κ3) is 2.90. The topological polar surface area (TPSA) is 6.48 Å². The van der Waals surface area contributed by atoms with Crippen LogP contribution in [-0.2, 0) is 6.42 Å². The Balaban J connectivity index is 1.48. The number of thiophene rings is 1. The highest BCUT2D eigenvalue weighted by molar-refractivity contribution is 7.09. The van der Waals surface area contributed by atoms with Gasteiger partial charge in [0, 0.05) is 37.1 Å². The first-order chi connectivity index (χ1) is 8.42. The molecule has 3 rings (SSSR count). The van der Waals surface area contributed by atoms with Gasteiger partial charge in [-0.15, -0.1) is 11.3 Å². The number of piperidine rings is 1. The molecule has 0 radical (unpaired) electrons. The number of piperazine rings is 1. The van der Waals surface area contributed by atoms with Gasteiger partial charge in [0.25, 0.3) is 0 Å². The fourth-order valence-electron chi connectivity index (χ4n) is 3.15. The fourth-order valence-corrected chi connectivity index (χ4v) is 3.84. The molecule has 3 heteroatoms. The van der Waals surface area contributed by atoms with Crippen molar-refractivity contribution in [2.24, 2.45) is 0 Å². The molecular weight excluding hydrogens is 228 g/mol. The number of fused-ring (bicyclic) bond motifs is 1. The summed E-state index contributed by atoms with van der Waals surface area (Å²) in [5.41, 5.74) is 0. The highest BCUT2D eigenvalue weighted by atomic mass is 32.1. The molecule has 0 bridgehead atoms. The van der Waals surface area contributed by atoms with Gasteiger partial charge in [-0.3, -0.25) is 4.90 Å². The lowest BCUT2D eigenvalue weighted by atomic mass is 9.99. The Kier molecular flexibility index (Phi) is 3.79. The first-order valence-corrected chi connectivity index (χ1v) is 7.78. The highest BCUT2D eigenvalue weighted by Gasteiger charge is 2.28. The lowest BCUT2D eigenvalue weighted by molar-refractivity contribution is 0.0501. The first kappa shape index (κ1) is 11.7. The molecule has 17 heavy (non-hydrogen) atoms. The van der Waals surface area contributed by atoms with Crippen molar-refractivity contribution in [3.63, 3.8) is 0 Å². The van der Waals surface area contributed by atoms with Crippen molar-refractivity contribution >= 4 is 11.3 Å². The van der Waals surface area contributed by atoms with Crippen molar-refractivity contribution < 1.29 is 0 Å². The third-order valence-electron chi connectivity index (χ3n) is 4.18. The van der Waals surface area contributed by atoms with Crippen LogP contribution in [0.3, 0.4) is 0 Å². The molecule has 3 heterocycles. The summed E-state index contributed by atoms with van der Waals surface area (Å²) in [6.45, 7) is 6.50. The van der Waals surface area contributed by atoms with Crippen LogP contribution in [0.2, 0.25) is 0 Å². The van der Waals surface area contributed by atoms with Crippen LogP contribution >= 0.6 is 11.3 Å². The normalized spacial score (nSPS) is 26.9. The van der Waals surface area contributed by atoms with E-state index in [1.54, 1.807) is 0 Å². The zero-order valence-electron chi connectivity index (χ0n) is 10.5. The molecule has 1 aromatic rings. The Bertz CT molecular complexity index is 336. The molecule has 2 aliphatic heterocycles. The van der Waals surface area contributed by atoms with Gasteiger partial charge in [-0.2, -0.15) is 0 Å². The van der Waals surface area contributed by atoms with Gasteiger partial charge in [0.05, 0.1) is 0 Å². The minimum absolute atomic E-state index is 0.862. The highest BCUT2D eigenvalue weighted by Crippen LogP contribution is 2.21. The van der Waals surface area contributed by atoms with Crippen LogP contribution in [0.15, 0.2) is 17.5 Å². The van der Waals surface area contributed by atoms with Crippen molar-refractivity contribution in [1.82, 2.24) is 9.80 Å². The van der Waals surface area contributed by atoms with Crippen LogP contribution in [0.5, 0.6) is 0 Å². The third-order valence-corrected chi connectivity index (χ3v) is 5.11. The Hall–Kier alpha value is -0.380. The van der Waals surface area contributed by atoms with E-state index in [2.05, 4.69) is 27.3 Å². The molecule has 1 atom stereocenters. The Morgan fingerprint density at radius 1 is 1.24 bits per heavy atom. The summed E-state index contributed by atoms with van der Waals surface area (Å²) in [5.74, 6) is 0. The summed E-state index contributed by atoms with van der Waals surface area (Å²) >= 11 is 1.90. The van der Waals surface area contributed by atoms with E-state index in [1.807, 2.05) is 11.3 Å². The molecular formula is C14H22N2S. The Labute approximate surface area is 108 Å². The summed E-state index contributed by atoms with van der Waals surface area (Å²) in [6.07, 6.45) is 5.53. The van der Waals surface area contributed by atoms with E-state index in [9.17, 15) is 0 Å². The molecule has 2 saturated heterocycles. The molecule has 0 spiro atoms. The fraction of sp³-hybridized carbons (Fsp3) is 0.714. The molecule has 0 amide bonds. The molecule has 2 aliphatic rings. The average molecular weight is 250 g/mol. The number of rotatable bonds is 3. The van der Waals surface area contributed by atoms with E-state index in [4.69, 9.17) is 0 Å². The zero-order chi connectivity index (χ0) is 11.5. The molecule has 0 N–H and O–H groups in total. The summed E-state index contributed by atoms with van der Waals surface area (Å²) in [4.78, 5) is 6.92. The summed E-state index contributed by atoms with van der Waals surface area (Å²) in [5, 5.41) is 2.19. The van der Waals surface area contributed by atoms with Crippen LogP contribution < -0.4 is 0 Å². The lowest BCUT2D eigenvalue weighted by Crippen LogP contribution is -2.54. The van der Waals surface area contributed by atoms with E-state index >= 15 is 0 Å². The predicted octanol–water partition coefficient (Wildman–Crippen LogP) is 2.46. The quantitative estimate of drug-likeness (QED) is 0.813. The van der Waals surface area contributed by atoms with Gasteiger partial charge in [0.15, 0.2) is 0 Å². The monoisotopic (exact) mass is 250 g/mol. The van der Waals surface area contributed by atoms with Gasteiger partial charge in [-0.1, -0.05) is 12.5 Å². The molecule has 0 aromatic carbocycles. The minimum Gasteiger partial charge on any atom is -0.300 e. The van der Waals surface area contributed by atoms with Crippen LogP contribution in [0.1, 0.15) is 24.1 Å². The summed E-state index contributed by atoms with van der Waals surface area (Å²) < 4.78 is 0. The number of hydrogen-bond donors (Lipinski definition) is 0. The first-order valence-electron chi connectivity index (χ1n) is 6.90. The van der Waals surface area contributed by atoms with E-state index in [0.29, 0.717) is 0 Å². The van der Waals surface area contributed by atoms with Gasteiger partial charge >= 0.3 is 0 Å². The maximum Gasteiger partial charge on any atom is 0.0223 e. The second-order valence-corrected chi connectivity index (χ2v) is 6.35. The Morgan fingerprint density at radius 3 is 3.12 bits per heavy atom. The van der Waals surface area contributed by atoms with Crippen LogP contribution in [-0.4, -0.2) is 48.6 Å². The second-order valence-electron chi connectivity index (χ2n) is 5.32. The number of nitrogens with zero attached hydrogens (tertiary/aromatic N) is 2. The van der Waals surface area contributed by atoms with E-state index < -0.39 is 0 Å². The van der Waals surface area contributed by atoms with Crippen molar-refractivity contribution in [2.75, 3.05) is 32.7 Å². The number of hydrogen-bond acceptors (Lipinski definition) is 3. The molecule has 2 fully saturated rings. The molecule has 1 unspecified atom stereocenters. The average Bonchev–Trinajstić information content (AvgIpc) is 2.89. The largest absolute Gasteiger partial charge is 0.300 e. The Morgan fingerprint density at radius 2 is 2.24 bits per heavy atom. The van der Waals surface area contributed by atoms with Crippen LogP contribution in [0.4, 0.5) is 0 Å². The standard InChI is InChI=1S/C14H22N2S/c1-2-7-16-10-9-15(12-13(16)4-1)8-6-14-5-3-11-17-14/h3,5,11,13H,1-2,4,6-10,12H2. The van der Waals surface area contributed by atoms with Gasteiger partial charge in [-0.25, -0.2) is 0 Å². The summed E-state index contributed by atoms with van der Waals surface area (Å²) in [6, 6.07) is 5.29.